The third kappa shape index (κ3) is 71.4. The summed E-state index contributed by atoms with van der Waals surface area (Å²) in [6.45, 7) is 1.94. The van der Waals surface area contributed by atoms with Crippen molar-refractivity contribution in [2.24, 2.45) is 5.73 Å². The second-order valence-corrected chi connectivity index (χ2v) is 3.38. The SMILES string of the molecule is CC(=O)[O-].CC(=O)[O-].N.NC1CCCCC1.[191Pt+4].[Cl-].[Cl-]. The number of carbonyl (C=O) groups excluding carboxylic acids is 2. The second kappa shape index (κ2) is 26.6. The van der Waals surface area contributed by atoms with Gasteiger partial charge in [-0.25, -0.2) is 0 Å². The monoisotopic (exact) mass is 495 g/mol. The standard InChI is InChI=1S/C6H13N.2C2H4O2.2ClH.H3N.Pt/c7-6-4-2-1-3-5-6;2*1-2(3)4;;;;/h6H,1-5,7H2;2*1H3,(H,3,4);2*1H;1H3;/q;;;;;;+4/p-4/i;;;;;;1-4. The van der Waals surface area contributed by atoms with Crippen molar-refractivity contribution >= 4 is 11.9 Å². The molecular formula is C10H22Cl2N2O4Pt. The number of carboxylic acids is 2. The van der Waals surface area contributed by atoms with E-state index >= 15 is 0 Å². The van der Waals surface area contributed by atoms with E-state index in [4.69, 9.17) is 25.5 Å². The van der Waals surface area contributed by atoms with Gasteiger partial charge in [-0.3, -0.25) is 0 Å². The van der Waals surface area contributed by atoms with Crippen LogP contribution in [0.5, 0.6) is 0 Å². The van der Waals surface area contributed by atoms with E-state index in [2.05, 4.69) is 0 Å². The molecule has 1 aliphatic rings. The molecule has 1 rings (SSSR count). The predicted molar refractivity (Wildman–Crippen MR) is 57.4 cm³/mol. The van der Waals surface area contributed by atoms with Gasteiger partial charge in [0.05, 0.1) is 0 Å². The third-order valence-electron chi connectivity index (χ3n) is 1.65. The summed E-state index contributed by atoms with van der Waals surface area (Å²) in [6.07, 6.45) is 6.66. The molecule has 0 amide bonds. The molecule has 0 bridgehead atoms. The third-order valence-corrected chi connectivity index (χ3v) is 1.65. The molecule has 9 heteroatoms. The molecular weight excluding hydrogens is 474 g/mol. The number of nitrogens with two attached hydrogens (primary N) is 1. The Morgan fingerprint density at radius 2 is 1.16 bits per heavy atom. The summed E-state index contributed by atoms with van der Waals surface area (Å²) >= 11 is 0. The van der Waals surface area contributed by atoms with Crippen LogP contribution in [-0.4, -0.2) is 18.0 Å². The molecule has 1 fully saturated rings. The van der Waals surface area contributed by atoms with E-state index in [9.17, 15) is 0 Å². The molecule has 0 aromatic heterocycles. The van der Waals surface area contributed by atoms with Gasteiger partial charge in [-0.05, 0) is 26.7 Å². The molecule has 0 spiro atoms. The molecule has 0 radical (unpaired) electrons. The first-order chi connectivity index (χ1) is 6.86. The zero-order valence-corrected chi connectivity index (χ0v) is 14.9. The summed E-state index contributed by atoms with van der Waals surface area (Å²) in [4.78, 5) is 17.8. The first-order valence-electron chi connectivity index (χ1n) is 4.97. The maximum absolute atomic E-state index is 8.89. The average molecular weight is 496 g/mol. The largest absolute Gasteiger partial charge is 4.00 e. The van der Waals surface area contributed by atoms with Gasteiger partial charge in [0.1, 0.15) is 0 Å². The molecule has 120 valence electrons. The fraction of sp³-hybridized carbons (Fsp3) is 0.800. The van der Waals surface area contributed by atoms with Gasteiger partial charge < -0.3 is 56.5 Å². The minimum atomic E-state index is -1.08. The van der Waals surface area contributed by atoms with Gasteiger partial charge in [0.2, 0.25) is 0 Å². The van der Waals surface area contributed by atoms with Gasteiger partial charge >= 0.3 is 21.1 Å². The van der Waals surface area contributed by atoms with Crippen LogP contribution in [0.1, 0.15) is 46.0 Å². The van der Waals surface area contributed by atoms with Crippen molar-refractivity contribution < 1.29 is 65.7 Å². The quantitative estimate of drug-likeness (QED) is 0.342. The van der Waals surface area contributed by atoms with Gasteiger partial charge in [-0.1, -0.05) is 19.3 Å². The molecule has 0 aliphatic heterocycles. The van der Waals surface area contributed by atoms with Gasteiger partial charge in [0, 0.05) is 18.0 Å². The summed E-state index contributed by atoms with van der Waals surface area (Å²) in [5.41, 5.74) is 5.63. The minimum absolute atomic E-state index is 0. The van der Waals surface area contributed by atoms with Gasteiger partial charge in [0.25, 0.3) is 0 Å². The average Bonchev–Trinajstić information content (AvgIpc) is 2.03. The van der Waals surface area contributed by atoms with Crippen molar-refractivity contribution in [2.75, 3.05) is 0 Å². The van der Waals surface area contributed by atoms with E-state index in [1.807, 2.05) is 0 Å². The molecule has 0 atom stereocenters. The second-order valence-electron chi connectivity index (χ2n) is 3.38. The smallest absolute Gasteiger partial charge is 1.00 e. The van der Waals surface area contributed by atoms with Crippen molar-refractivity contribution in [3.05, 3.63) is 0 Å². The van der Waals surface area contributed by atoms with Crippen LogP contribution in [0.25, 0.3) is 0 Å². The van der Waals surface area contributed by atoms with Crippen molar-refractivity contribution in [3.8, 4) is 0 Å². The Kier molecular flexibility index (Phi) is 51.1. The topological polar surface area (TPSA) is 141 Å². The van der Waals surface area contributed by atoms with Crippen LogP contribution in [0.2, 0.25) is 0 Å². The fourth-order valence-corrected chi connectivity index (χ4v) is 1.13. The molecule has 19 heavy (non-hydrogen) atoms. The number of carbonyl (C=O) groups is 2. The zero-order chi connectivity index (χ0) is 12.3. The van der Waals surface area contributed by atoms with Crippen LogP contribution in [0, 0.1) is 0 Å². The molecule has 1 aliphatic carbocycles. The predicted octanol–water partition coefficient (Wildman–Crippen LogP) is -7.04. The number of hydrogen-bond donors (Lipinski definition) is 2. The van der Waals surface area contributed by atoms with Crippen LogP contribution in [-0.2, 0) is 30.7 Å². The summed E-state index contributed by atoms with van der Waals surface area (Å²) in [5, 5.41) is 17.8. The molecule has 0 saturated heterocycles. The summed E-state index contributed by atoms with van der Waals surface area (Å²) in [7, 11) is 0. The van der Waals surface area contributed by atoms with Crippen LogP contribution in [0.15, 0.2) is 0 Å². The van der Waals surface area contributed by atoms with Crippen LogP contribution in [0.4, 0.5) is 0 Å². The van der Waals surface area contributed by atoms with Crippen LogP contribution < -0.4 is 46.9 Å². The van der Waals surface area contributed by atoms with E-state index < -0.39 is 11.9 Å². The molecule has 0 aromatic carbocycles. The molecule has 6 nitrogen and oxygen atoms in total. The maximum atomic E-state index is 8.89. The Hall–Kier alpha value is 0.128. The molecule has 0 heterocycles. The van der Waals surface area contributed by atoms with Crippen molar-refractivity contribution in [1.82, 2.24) is 6.15 Å². The number of rotatable bonds is 0. The number of halogens is 2. The Labute approximate surface area is 141 Å². The van der Waals surface area contributed by atoms with Gasteiger partial charge in [-0.2, -0.15) is 0 Å². The summed E-state index contributed by atoms with van der Waals surface area (Å²) in [5.74, 6) is -2.17. The summed E-state index contributed by atoms with van der Waals surface area (Å²) in [6, 6.07) is 0.536. The first kappa shape index (κ1) is 36.5. The van der Waals surface area contributed by atoms with Crippen LogP contribution >= 0.6 is 0 Å². The van der Waals surface area contributed by atoms with Crippen LogP contribution in [0.3, 0.4) is 0 Å². The van der Waals surface area contributed by atoms with E-state index in [1.54, 1.807) is 0 Å². The molecule has 0 aromatic rings. The number of carboxylic acid groups (broad SMARTS) is 2. The summed E-state index contributed by atoms with van der Waals surface area (Å²) < 4.78 is 0. The zero-order valence-electron chi connectivity index (χ0n) is 11.1. The van der Waals surface area contributed by atoms with E-state index in [0.29, 0.717) is 6.04 Å². The molecule has 5 N–H and O–H groups in total. The minimum Gasteiger partial charge on any atom is -1.00 e. The maximum Gasteiger partial charge on any atom is 4.00 e. The molecule has 1 saturated carbocycles. The van der Waals surface area contributed by atoms with E-state index in [1.165, 1.54) is 32.1 Å². The number of hydrogen-bond acceptors (Lipinski definition) is 6. The first-order valence-corrected chi connectivity index (χ1v) is 4.97. The normalized spacial score (nSPS) is 11.9. The Morgan fingerprint density at radius 1 is 0.947 bits per heavy atom. The van der Waals surface area contributed by atoms with E-state index in [-0.39, 0.29) is 52.0 Å². The van der Waals surface area contributed by atoms with Gasteiger partial charge in [-0.15, -0.1) is 0 Å². The van der Waals surface area contributed by atoms with Crippen molar-refractivity contribution in [1.29, 1.82) is 0 Å². The Balaban J connectivity index is -0.0000000320. The van der Waals surface area contributed by atoms with Crippen molar-refractivity contribution in [3.63, 3.8) is 0 Å². The van der Waals surface area contributed by atoms with E-state index in [0.717, 1.165) is 13.8 Å². The Bertz CT molecular complexity index is 174. The Morgan fingerprint density at radius 3 is 1.26 bits per heavy atom. The number of aliphatic carboxylic acids is 2. The fourth-order valence-electron chi connectivity index (χ4n) is 1.13. The molecule has 0 unspecified atom stereocenters. The van der Waals surface area contributed by atoms with Gasteiger partial charge in [0.15, 0.2) is 0 Å². The van der Waals surface area contributed by atoms with Crippen molar-refractivity contribution in [2.45, 2.75) is 52.0 Å².